The van der Waals surface area contributed by atoms with Crippen LogP contribution < -0.4 is 9.47 Å². The zero-order valence-electron chi connectivity index (χ0n) is 15.6. The number of imidazole rings is 1. The summed E-state index contributed by atoms with van der Waals surface area (Å²) in [4.78, 5) is 22.5. The van der Waals surface area contributed by atoms with Gasteiger partial charge in [-0.2, -0.15) is 0 Å². The maximum atomic E-state index is 12.7. The number of aromatic nitrogens is 2. The number of methoxy groups -OCH3 is 2. The number of aryl methyl sites for hydroxylation is 1. The van der Waals surface area contributed by atoms with E-state index in [9.17, 15) is 4.79 Å². The van der Waals surface area contributed by atoms with Crippen molar-refractivity contribution in [3.63, 3.8) is 0 Å². The quantitative estimate of drug-likeness (QED) is 0.754. The van der Waals surface area contributed by atoms with Crippen molar-refractivity contribution in [3.8, 4) is 11.5 Å². The van der Waals surface area contributed by atoms with Crippen LogP contribution in [0.2, 0.25) is 0 Å². The molecule has 140 valence electrons. The molecule has 0 spiro atoms. The summed E-state index contributed by atoms with van der Waals surface area (Å²) in [6, 6.07) is 11.9. The Kier molecular flexibility index (Phi) is 4.71. The summed E-state index contributed by atoms with van der Waals surface area (Å²) in [5.74, 6) is 2.44. The average Bonchev–Trinajstić information content (AvgIpc) is 3.13. The van der Waals surface area contributed by atoms with Crippen LogP contribution in [0.5, 0.6) is 11.5 Å². The maximum absolute atomic E-state index is 12.7. The molecule has 0 saturated heterocycles. The Labute approximate surface area is 158 Å². The summed E-state index contributed by atoms with van der Waals surface area (Å²) in [7, 11) is 3.27. The Morgan fingerprint density at radius 3 is 2.63 bits per heavy atom. The molecule has 0 radical (unpaired) electrons. The van der Waals surface area contributed by atoms with E-state index in [2.05, 4.69) is 9.97 Å². The first kappa shape index (κ1) is 17.4. The molecule has 1 aliphatic heterocycles. The molecule has 0 fully saturated rings. The van der Waals surface area contributed by atoms with Gasteiger partial charge < -0.3 is 19.4 Å². The van der Waals surface area contributed by atoms with Gasteiger partial charge in [0.1, 0.15) is 5.82 Å². The van der Waals surface area contributed by atoms with Crippen LogP contribution >= 0.6 is 0 Å². The van der Waals surface area contributed by atoms with E-state index >= 15 is 0 Å². The molecule has 1 N–H and O–H groups in total. The van der Waals surface area contributed by atoms with Crippen molar-refractivity contribution in [2.24, 2.45) is 0 Å². The molecule has 1 aromatic heterocycles. The van der Waals surface area contributed by atoms with Crippen molar-refractivity contribution in [2.45, 2.75) is 25.8 Å². The van der Waals surface area contributed by atoms with Crippen LogP contribution in [0.25, 0.3) is 11.0 Å². The zero-order chi connectivity index (χ0) is 18.8. The number of H-pyrrole nitrogens is 1. The minimum absolute atomic E-state index is 0.149. The molecule has 4 rings (SSSR count). The third kappa shape index (κ3) is 3.47. The molecule has 6 nitrogen and oxygen atoms in total. The number of ether oxygens (including phenoxy) is 2. The maximum Gasteiger partial charge on any atom is 0.223 e. The van der Waals surface area contributed by atoms with Crippen molar-refractivity contribution in [1.82, 2.24) is 14.9 Å². The van der Waals surface area contributed by atoms with Gasteiger partial charge in [0.05, 0.1) is 25.3 Å². The molecular weight excluding hydrogens is 342 g/mol. The smallest absolute Gasteiger partial charge is 0.223 e. The van der Waals surface area contributed by atoms with Gasteiger partial charge in [0, 0.05) is 25.9 Å². The van der Waals surface area contributed by atoms with Gasteiger partial charge >= 0.3 is 0 Å². The van der Waals surface area contributed by atoms with E-state index in [-0.39, 0.29) is 5.91 Å². The largest absolute Gasteiger partial charge is 0.493 e. The molecule has 27 heavy (non-hydrogen) atoms. The highest BCUT2D eigenvalue weighted by atomic mass is 16.5. The van der Waals surface area contributed by atoms with Crippen LogP contribution in [0.15, 0.2) is 36.4 Å². The van der Waals surface area contributed by atoms with E-state index in [4.69, 9.17) is 9.47 Å². The van der Waals surface area contributed by atoms with Gasteiger partial charge in [0.25, 0.3) is 0 Å². The zero-order valence-corrected chi connectivity index (χ0v) is 15.6. The molecule has 2 aromatic carbocycles. The van der Waals surface area contributed by atoms with Crippen molar-refractivity contribution in [2.75, 3.05) is 20.8 Å². The van der Waals surface area contributed by atoms with Gasteiger partial charge in [0.15, 0.2) is 11.5 Å². The summed E-state index contributed by atoms with van der Waals surface area (Å²) in [6.07, 6.45) is 1.89. The number of carbonyl (C=O) groups is 1. The first-order valence-electron chi connectivity index (χ1n) is 9.13. The van der Waals surface area contributed by atoms with Gasteiger partial charge in [-0.05, 0) is 41.8 Å². The SMILES string of the molecule is COc1cc2c(cc1OC)CN(C(=O)CCc1nc3ccccc3[nH]1)CC2. The third-order valence-corrected chi connectivity index (χ3v) is 5.08. The fourth-order valence-corrected chi connectivity index (χ4v) is 3.60. The monoisotopic (exact) mass is 365 g/mol. The number of nitrogens with one attached hydrogen (secondary N) is 1. The highest BCUT2D eigenvalue weighted by molar-refractivity contribution is 5.77. The number of rotatable bonds is 5. The van der Waals surface area contributed by atoms with E-state index < -0.39 is 0 Å². The van der Waals surface area contributed by atoms with Crippen molar-refractivity contribution >= 4 is 16.9 Å². The first-order valence-corrected chi connectivity index (χ1v) is 9.13. The normalized spacial score (nSPS) is 13.5. The van der Waals surface area contributed by atoms with Crippen molar-refractivity contribution in [3.05, 3.63) is 53.3 Å². The Bertz CT molecular complexity index is 947. The lowest BCUT2D eigenvalue weighted by Gasteiger charge is -2.29. The average molecular weight is 365 g/mol. The highest BCUT2D eigenvalue weighted by Gasteiger charge is 2.23. The van der Waals surface area contributed by atoms with Crippen LogP contribution in [0.4, 0.5) is 0 Å². The number of carbonyl (C=O) groups excluding carboxylic acids is 1. The summed E-state index contributed by atoms with van der Waals surface area (Å²) in [5, 5.41) is 0. The minimum atomic E-state index is 0.149. The third-order valence-electron chi connectivity index (χ3n) is 5.08. The highest BCUT2D eigenvalue weighted by Crippen LogP contribution is 2.33. The Hall–Kier alpha value is -3.02. The van der Waals surface area contributed by atoms with Crippen molar-refractivity contribution in [1.29, 1.82) is 0 Å². The van der Waals surface area contributed by atoms with E-state index in [0.717, 1.165) is 41.1 Å². The van der Waals surface area contributed by atoms with Gasteiger partial charge in [-0.15, -0.1) is 0 Å². The van der Waals surface area contributed by atoms with Crippen LogP contribution in [0, 0.1) is 0 Å². The van der Waals surface area contributed by atoms with E-state index in [1.807, 2.05) is 41.3 Å². The van der Waals surface area contributed by atoms with E-state index in [1.165, 1.54) is 5.56 Å². The Morgan fingerprint density at radius 1 is 1.15 bits per heavy atom. The molecule has 3 aromatic rings. The lowest BCUT2D eigenvalue weighted by molar-refractivity contribution is -0.132. The second-order valence-electron chi connectivity index (χ2n) is 6.74. The fraction of sp³-hybridized carbons (Fsp3) is 0.333. The van der Waals surface area contributed by atoms with E-state index in [1.54, 1.807) is 14.2 Å². The molecule has 0 aliphatic carbocycles. The molecule has 0 saturated carbocycles. The Morgan fingerprint density at radius 2 is 1.89 bits per heavy atom. The van der Waals surface area contributed by atoms with Gasteiger partial charge in [-0.3, -0.25) is 4.79 Å². The summed E-state index contributed by atoms with van der Waals surface area (Å²) < 4.78 is 10.8. The molecular formula is C21H23N3O3. The minimum Gasteiger partial charge on any atom is -0.493 e. The van der Waals surface area contributed by atoms with E-state index in [0.29, 0.717) is 25.1 Å². The second-order valence-corrected chi connectivity index (χ2v) is 6.74. The Balaban J connectivity index is 1.43. The molecule has 0 bridgehead atoms. The topological polar surface area (TPSA) is 67.5 Å². The number of benzene rings is 2. The van der Waals surface area contributed by atoms with Gasteiger partial charge in [-0.25, -0.2) is 4.98 Å². The number of nitrogens with zero attached hydrogens (tertiary/aromatic N) is 2. The number of amides is 1. The first-order chi connectivity index (χ1) is 13.2. The number of hydrogen-bond donors (Lipinski definition) is 1. The fourth-order valence-electron chi connectivity index (χ4n) is 3.60. The molecule has 1 aliphatic rings. The summed E-state index contributed by atoms with van der Waals surface area (Å²) in [5.41, 5.74) is 4.28. The van der Waals surface area contributed by atoms with Gasteiger partial charge in [0.2, 0.25) is 5.91 Å². The lowest BCUT2D eigenvalue weighted by atomic mass is 9.98. The molecule has 0 atom stereocenters. The lowest BCUT2D eigenvalue weighted by Crippen LogP contribution is -2.36. The summed E-state index contributed by atoms with van der Waals surface area (Å²) >= 11 is 0. The predicted molar refractivity (Wildman–Crippen MR) is 103 cm³/mol. The molecule has 1 amide bonds. The number of aromatic amines is 1. The van der Waals surface area contributed by atoms with Gasteiger partial charge in [-0.1, -0.05) is 12.1 Å². The summed E-state index contributed by atoms with van der Waals surface area (Å²) in [6.45, 7) is 1.33. The number of fused-ring (bicyclic) bond motifs is 2. The molecule has 6 heteroatoms. The molecule has 2 heterocycles. The number of hydrogen-bond acceptors (Lipinski definition) is 4. The van der Waals surface area contributed by atoms with Crippen LogP contribution in [-0.2, 0) is 24.2 Å². The van der Waals surface area contributed by atoms with Crippen LogP contribution in [0.1, 0.15) is 23.4 Å². The van der Waals surface area contributed by atoms with Crippen molar-refractivity contribution < 1.29 is 14.3 Å². The predicted octanol–water partition coefficient (Wildman–Crippen LogP) is 3.10. The number of para-hydroxylation sites is 2. The second kappa shape index (κ2) is 7.31. The van der Waals surface area contributed by atoms with Crippen LogP contribution in [-0.4, -0.2) is 41.5 Å². The standard InChI is InChI=1S/C21H23N3O3/c1-26-18-11-14-9-10-24(13-15(14)12-19(18)27-2)21(25)8-7-20-22-16-5-3-4-6-17(16)23-20/h3-6,11-12H,7-10,13H2,1-2H3,(H,22,23). The van der Waals surface area contributed by atoms with Crippen LogP contribution in [0.3, 0.4) is 0 Å². The molecule has 0 unspecified atom stereocenters.